The maximum absolute atomic E-state index is 12.6. The standard InChI is InChI=1S/C19H18Cl2N4O3/c20-15-4-2-1-3-14(15)19(27)25-8-7-13(11-25)23-18-16(21)9-12(10-22-18)5-6-17(26)24-28/h1-6,9-10,13,28H,7-8,11H2,(H,22,23)(H,24,26)/t13-/m1/s1. The van der Waals surface area contributed by atoms with E-state index < -0.39 is 5.91 Å². The molecule has 0 saturated carbocycles. The Hall–Kier alpha value is -2.61. The van der Waals surface area contributed by atoms with Crippen LogP contribution in [0.1, 0.15) is 22.3 Å². The van der Waals surface area contributed by atoms with E-state index in [1.165, 1.54) is 11.6 Å². The summed E-state index contributed by atoms with van der Waals surface area (Å²) in [5, 5.41) is 12.6. The summed E-state index contributed by atoms with van der Waals surface area (Å²) in [5.74, 6) is -0.244. The van der Waals surface area contributed by atoms with E-state index in [-0.39, 0.29) is 11.9 Å². The molecule has 1 atom stereocenters. The highest BCUT2D eigenvalue weighted by molar-refractivity contribution is 6.34. The van der Waals surface area contributed by atoms with Gasteiger partial charge in [-0.05, 0) is 36.3 Å². The first kappa shape index (κ1) is 20.1. The quantitative estimate of drug-likeness (QED) is 0.392. The molecule has 0 spiro atoms. The van der Waals surface area contributed by atoms with Crippen molar-refractivity contribution in [1.82, 2.24) is 15.4 Å². The lowest BCUT2D eigenvalue weighted by atomic mass is 10.2. The number of hydrogen-bond acceptors (Lipinski definition) is 5. The van der Waals surface area contributed by atoms with E-state index in [1.807, 2.05) is 0 Å². The van der Waals surface area contributed by atoms with Crippen LogP contribution in [0.2, 0.25) is 10.0 Å². The number of halogens is 2. The van der Waals surface area contributed by atoms with Crippen LogP contribution in [-0.4, -0.2) is 46.0 Å². The number of carbonyl (C=O) groups excluding carboxylic acids is 2. The monoisotopic (exact) mass is 420 g/mol. The second-order valence-electron chi connectivity index (χ2n) is 6.27. The minimum absolute atomic E-state index is 0.0120. The number of pyridine rings is 1. The van der Waals surface area contributed by atoms with Crippen LogP contribution in [0.15, 0.2) is 42.6 Å². The molecule has 1 aliphatic rings. The molecule has 0 radical (unpaired) electrons. The van der Waals surface area contributed by atoms with Gasteiger partial charge in [-0.2, -0.15) is 0 Å². The van der Waals surface area contributed by atoms with E-state index in [2.05, 4.69) is 10.3 Å². The maximum atomic E-state index is 12.6. The first-order chi connectivity index (χ1) is 13.5. The summed E-state index contributed by atoms with van der Waals surface area (Å²) in [6.45, 7) is 1.12. The van der Waals surface area contributed by atoms with Crippen LogP contribution in [0, 0.1) is 0 Å². The Morgan fingerprint density at radius 2 is 2.04 bits per heavy atom. The van der Waals surface area contributed by atoms with Gasteiger partial charge >= 0.3 is 0 Å². The van der Waals surface area contributed by atoms with Crippen LogP contribution >= 0.6 is 23.2 Å². The highest BCUT2D eigenvalue weighted by atomic mass is 35.5. The Balaban J connectivity index is 1.62. The van der Waals surface area contributed by atoms with Gasteiger partial charge in [0.05, 0.1) is 15.6 Å². The Morgan fingerprint density at radius 3 is 2.75 bits per heavy atom. The summed E-state index contributed by atoms with van der Waals surface area (Å²) in [4.78, 5) is 29.7. The summed E-state index contributed by atoms with van der Waals surface area (Å²) in [6, 6.07) is 8.65. The van der Waals surface area contributed by atoms with Gasteiger partial charge in [-0.15, -0.1) is 0 Å². The number of carbonyl (C=O) groups is 2. The van der Waals surface area contributed by atoms with Gasteiger partial charge in [0.2, 0.25) is 0 Å². The Labute approximate surface area is 171 Å². The van der Waals surface area contributed by atoms with E-state index in [4.69, 9.17) is 28.4 Å². The van der Waals surface area contributed by atoms with Crippen LogP contribution in [0.5, 0.6) is 0 Å². The fourth-order valence-corrected chi connectivity index (χ4v) is 3.37. The molecule has 2 heterocycles. The third-order valence-corrected chi connectivity index (χ3v) is 4.94. The van der Waals surface area contributed by atoms with Crippen molar-refractivity contribution >= 4 is 46.9 Å². The van der Waals surface area contributed by atoms with E-state index in [1.54, 1.807) is 41.4 Å². The zero-order chi connectivity index (χ0) is 20.1. The van der Waals surface area contributed by atoms with Gasteiger partial charge in [-0.1, -0.05) is 35.3 Å². The summed E-state index contributed by atoms with van der Waals surface area (Å²) in [6.07, 6.45) is 4.95. The SMILES string of the molecule is O=C(C=Cc1cnc(N[C@@H]2CCN(C(=O)c3ccccc3Cl)C2)c(Cl)c1)NO. The zero-order valence-electron chi connectivity index (χ0n) is 14.7. The van der Waals surface area contributed by atoms with Gasteiger partial charge in [0.25, 0.3) is 11.8 Å². The van der Waals surface area contributed by atoms with Gasteiger partial charge in [0, 0.05) is 31.4 Å². The van der Waals surface area contributed by atoms with Crippen molar-refractivity contribution in [2.75, 3.05) is 18.4 Å². The fourth-order valence-electron chi connectivity index (χ4n) is 2.92. The molecule has 9 heteroatoms. The molecule has 1 aliphatic heterocycles. The second-order valence-corrected chi connectivity index (χ2v) is 7.08. The molecule has 1 aromatic carbocycles. The van der Waals surface area contributed by atoms with Gasteiger partial charge < -0.3 is 10.2 Å². The van der Waals surface area contributed by atoms with E-state index >= 15 is 0 Å². The average Bonchev–Trinajstić information content (AvgIpc) is 3.16. The van der Waals surface area contributed by atoms with E-state index in [0.29, 0.717) is 40.1 Å². The van der Waals surface area contributed by atoms with Crippen LogP contribution in [0.3, 0.4) is 0 Å². The molecular weight excluding hydrogens is 403 g/mol. The number of likely N-dealkylation sites (tertiary alicyclic amines) is 1. The molecule has 1 fully saturated rings. The van der Waals surface area contributed by atoms with E-state index in [0.717, 1.165) is 12.5 Å². The van der Waals surface area contributed by atoms with Crippen molar-refractivity contribution in [2.45, 2.75) is 12.5 Å². The lowest BCUT2D eigenvalue weighted by Gasteiger charge is -2.18. The van der Waals surface area contributed by atoms with Crippen LogP contribution in [-0.2, 0) is 4.79 Å². The lowest BCUT2D eigenvalue weighted by Crippen LogP contribution is -2.31. The molecule has 0 aliphatic carbocycles. The number of rotatable bonds is 5. The molecule has 0 bridgehead atoms. The third-order valence-electron chi connectivity index (χ3n) is 4.32. The van der Waals surface area contributed by atoms with Gasteiger partial charge in [-0.3, -0.25) is 14.8 Å². The molecular formula is C19H18Cl2N4O3. The van der Waals surface area contributed by atoms with Crippen molar-refractivity contribution < 1.29 is 14.8 Å². The summed E-state index contributed by atoms with van der Waals surface area (Å²) in [7, 11) is 0. The Bertz CT molecular complexity index is 920. The maximum Gasteiger partial charge on any atom is 0.267 e. The average molecular weight is 421 g/mol. The van der Waals surface area contributed by atoms with Gasteiger partial charge in [-0.25, -0.2) is 10.5 Å². The molecule has 3 N–H and O–H groups in total. The Morgan fingerprint density at radius 1 is 1.25 bits per heavy atom. The molecule has 3 rings (SSSR count). The molecule has 0 unspecified atom stereocenters. The summed E-state index contributed by atoms with van der Waals surface area (Å²) < 4.78 is 0. The molecule has 2 amide bonds. The van der Waals surface area contributed by atoms with E-state index in [9.17, 15) is 9.59 Å². The number of nitrogens with one attached hydrogen (secondary N) is 2. The van der Waals surface area contributed by atoms with Crippen molar-refractivity contribution in [3.63, 3.8) is 0 Å². The normalized spacial score (nSPS) is 16.4. The third kappa shape index (κ3) is 4.81. The van der Waals surface area contributed by atoms with Crippen LogP contribution in [0.4, 0.5) is 5.82 Å². The number of amides is 2. The molecule has 146 valence electrons. The number of benzene rings is 1. The van der Waals surface area contributed by atoms with Crippen molar-refractivity contribution in [3.8, 4) is 0 Å². The largest absolute Gasteiger partial charge is 0.364 e. The number of aromatic nitrogens is 1. The highest BCUT2D eigenvalue weighted by Gasteiger charge is 2.28. The van der Waals surface area contributed by atoms with Crippen LogP contribution in [0.25, 0.3) is 6.08 Å². The number of hydrogen-bond donors (Lipinski definition) is 3. The first-order valence-corrected chi connectivity index (χ1v) is 9.31. The summed E-state index contributed by atoms with van der Waals surface area (Å²) >= 11 is 12.4. The molecule has 1 saturated heterocycles. The predicted octanol–water partition coefficient (Wildman–Crippen LogP) is 3.23. The molecule has 7 nitrogen and oxygen atoms in total. The van der Waals surface area contributed by atoms with Gasteiger partial charge in [0.1, 0.15) is 5.82 Å². The van der Waals surface area contributed by atoms with Crippen LogP contribution < -0.4 is 10.8 Å². The topological polar surface area (TPSA) is 94.6 Å². The van der Waals surface area contributed by atoms with Crippen molar-refractivity contribution in [1.29, 1.82) is 0 Å². The minimum atomic E-state index is -0.646. The molecule has 1 aromatic heterocycles. The number of hydroxylamine groups is 1. The highest BCUT2D eigenvalue weighted by Crippen LogP contribution is 2.25. The lowest BCUT2D eigenvalue weighted by molar-refractivity contribution is -0.124. The molecule has 2 aromatic rings. The number of nitrogens with zero attached hydrogens (tertiary/aromatic N) is 2. The van der Waals surface area contributed by atoms with Gasteiger partial charge in [0.15, 0.2) is 0 Å². The second kappa shape index (κ2) is 9.05. The smallest absolute Gasteiger partial charge is 0.267 e. The minimum Gasteiger partial charge on any atom is -0.364 e. The van der Waals surface area contributed by atoms with Crippen molar-refractivity contribution in [3.05, 3.63) is 63.8 Å². The predicted molar refractivity (Wildman–Crippen MR) is 108 cm³/mol. The molecule has 28 heavy (non-hydrogen) atoms. The number of anilines is 1. The fraction of sp³-hybridized carbons (Fsp3) is 0.211. The summed E-state index contributed by atoms with van der Waals surface area (Å²) in [5.41, 5.74) is 2.61. The zero-order valence-corrected chi connectivity index (χ0v) is 16.2. The first-order valence-electron chi connectivity index (χ1n) is 8.56. The Kier molecular flexibility index (Phi) is 6.51. The van der Waals surface area contributed by atoms with Crippen molar-refractivity contribution in [2.24, 2.45) is 0 Å².